The summed E-state index contributed by atoms with van der Waals surface area (Å²) in [5, 5.41) is 6.63. The standard InChI is InChI=1S/C19H25FN4O/c1-13(2)14(3)24-19(21-4)23-12-15-9-10-22-18(11-15)25-17-7-5-16(20)6-8-17/h5-11,13-14H,12H2,1-4H3,(H2,21,23,24). The first kappa shape index (κ1) is 18.7. The molecule has 2 rings (SSSR count). The van der Waals surface area contributed by atoms with E-state index in [1.807, 2.05) is 12.1 Å². The van der Waals surface area contributed by atoms with Gasteiger partial charge in [-0.1, -0.05) is 13.8 Å². The Morgan fingerprint density at radius 1 is 1.20 bits per heavy atom. The van der Waals surface area contributed by atoms with Gasteiger partial charge in [0.25, 0.3) is 0 Å². The molecule has 0 radical (unpaired) electrons. The number of halogens is 1. The van der Waals surface area contributed by atoms with Gasteiger partial charge in [-0.3, -0.25) is 4.99 Å². The maximum Gasteiger partial charge on any atom is 0.219 e. The maximum atomic E-state index is 12.9. The predicted molar refractivity (Wildman–Crippen MR) is 98.3 cm³/mol. The van der Waals surface area contributed by atoms with E-state index in [0.29, 0.717) is 30.1 Å². The first-order chi connectivity index (χ1) is 12.0. The molecule has 6 heteroatoms. The number of guanidine groups is 1. The number of ether oxygens (including phenoxy) is 1. The molecule has 0 aliphatic rings. The minimum absolute atomic E-state index is 0.298. The number of aromatic nitrogens is 1. The number of nitrogens with zero attached hydrogens (tertiary/aromatic N) is 2. The van der Waals surface area contributed by atoms with Crippen molar-refractivity contribution >= 4 is 5.96 Å². The van der Waals surface area contributed by atoms with Crippen molar-refractivity contribution in [2.45, 2.75) is 33.4 Å². The van der Waals surface area contributed by atoms with Gasteiger partial charge in [0.2, 0.25) is 5.88 Å². The van der Waals surface area contributed by atoms with Crippen molar-refractivity contribution < 1.29 is 9.13 Å². The molecule has 2 N–H and O–H groups in total. The molecule has 25 heavy (non-hydrogen) atoms. The van der Waals surface area contributed by atoms with Gasteiger partial charge in [-0.2, -0.15) is 0 Å². The number of hydrogen-bond donors (Lipinski definition) is 2. The van der Waals surface area contributed by atoms with E-state index in [1.54, 1.807) is 25.4 Å². The van der Waals surface area contributed by atoms with Crippen molar-refractivity contribution in [1.29, 1.82) is 0 Å². The Hall–Kier alpha value is -2.63. The van der Waals surface area contributed by atoms with E-state index in [1.165, 1.54) is 12.1 Å². The number of nitrogens with one attached hydrogen (secondary N) is 2. The second-order valence-corrected chi connectivity index (χ2v) is 6.16. The summed E-state index contributed by atoms with van der Waals surface area (Å²) in [4.78, 5) is 8.42. The van der Waals surface area contributed by atoms with E-state index in [4.69, 9.17) is 4.74 Å². The lowest BCUT2D eigenvalue weighted by atomic mass is 10.1. The van der Waals surface area contributed by atoms with Crippen LogP contribution in [0.25, 0.3) is 0 Å². The lowest BCUT2D eigenvalue weighted by Crippen LogP contribution is -2.43. The highest BCUT2D eigenvalue weighted by Gasteiger charge is 2.09. The highest BCUT2D eigenvalue weighted by Crippen LogP contribution is 2.20. The lowest BCUT2D eigenvalue weighted by molar-refractivity contribution is 0.460. The second-order valence-electron chi connectivity index (χ2n) is 6.16. The van der Waals surface area contributed by atoms with Crippen molar-refractivity contribution in [2.75, 3.05) is 7.05 Å². The molecule has 1 atom stereocenters. The van der Waals surface area contributed by atoms with E-state index in [2.05, 4.69) is 41.4 Å². The number of pyridine rings is 1. The highest BCUT2D eigenvalue weighted by atomic mass is 19.1. The fourth-order valence-electron chi connectivity index (χ4n) is 2.00. The molecule has 0 fully saturated rings. The molecule has 0 aliphatic carbocycles. The molecular weight excluding hydrogens is 319 g/mol. The Morgan fingerprint density at radius 3 is 2.56 bits per heavy atom. The molecule has 0 saturated carbocycles. The minimum Gasteiger partial charge on any atom is -0.439 e. The van der Waals surface area contributed by atoms with Gasteiger partial charge in [0.15, 0.2) is 5.96 Å². The quantitative estimate of drug-likeness (QED) is 0.619. The summed E-state index contributed by atoms with van der Waals surface area (Å²) < 4.78 is 18.6. The summed E-state index contributed by atoms with van der Waals surface area (Å²) in [7, 11) is 1.75. The fraction of sp³-hybridized carbons (Fsp3) is 0.368. The van der Waals surface area contributed by atoms with Crippen LogP contribution in [0.1, 0.15) is 26.3 Å². The summed E-state index contributed by atoms with van der Waals surface area (Å²) in [5.41, 5.74) is 1.01. The van der Waals surface area contributed by atoms with Crippen LogP contribution in [-0.2, 0) is 6.54 Å². The van der Waals surface area contributed by atoms with Crippen molar-refractivity contribution in [2.24, 2.45) is 10.9 Å². The van der Waals surface area contributed by atoms with Crippen LogP contribution in [-0.4, -0.2) is 24.0 Å². The van der Waals surface area contributed by atoms with Gasteiger partial charge in [-0.25, -0.2) is 9.37 Å². The van der Waals surface area contributed by atoms with E-state index in [9.17, 15) is 4.39 Å². The normalized spacial score (nSPS) is 12.8. The van der Waals surface area contributed by atoms with Gasteiger partial charge >= 0.3 is 0 Å². The third-order valence-electron chi connectivity index (χ3n) is 3.88. The first-order valence-electron chi connectivity index (χ1n) is 8.33. The van der Waals surface area contributed by atoms with Crippen LogP contribution in [0.15, 0.2) is 47.6 Å². The number of benzene rings is 1. The number of aliphatic imine (C=N–C) groups is 1. The Bertz CT molecular complexity index is 701. The molecular formula is C19H25FN4O. The molecule has 2 aromatic rings. The summed E-state index contributed by atoms with van der Waals surface area (Å²) >= 11 is 0. The van der Waals surface area contributed by atoms with Crippen LogP contribution in [0.5, 0.6) is 11.6 Å². The molecule has 1 aromatic carbocycles. The van der Waals surface area contributed by atoms with Gasteiger partial charge in [0.1, 0.15) is 11.6 Å². The summed E-state index contributed by atoms with van der Waals surface area (Å²) in [6, 6.07) is 9.92. The van der Waals surface area contributed by atoms with Gasteiger partial charge in [-0.15, -0.1) is 0 Å². The number of rotatable bonds is 6. The summed E-state index contributed by atoms with van der Waals surface area (Å²) in [6.07, 6.45) is 1.68. The predicted octanol–water partition coefficient (Wildman–Crippen LogP) is 3.72. The van der Waals surface area contributed by atoms with E-state index < -0.39 is 0 Å². The van der Waals surface area contributed by atoms with Crippen LogP contribution in [0.4, 0.5) is 4.39 Å². The molecule has 0 bridgehead atoms. The zero-order valence-corrected chi connectivity index (χ0v) is 15.1. The highest BCUT2D eigenvalue weighted by molar-refractivity contribution is 5.79. The van der Waals surface area contributed by atoms with E-state index in [-0.39, 0.29) is 5.82 Å². The summed E-state index contributed by atoms with van der Waals surface area (Å²) in [5.74, 6) is 1.97. The largest absolute Gasteiger partial charge is 0.439 e. The summed E-state index contributed by atoms with van der Waals surface area (Å²) in [6.45, 7) is 7.03. The van der Waals surface area contributed by atoms with Crippen LogP contribution in [0, 0.1) is 11.7 Å². The van der Waals surface area contributed by atoms with Crippen molar-refractivity contribution in [1.82, 2.24) is 15.6 Å². The fourth-order valence-corrected chi connectivity index (χ4v) is 2.00. The molecule has 134 valence electrons. The first-order valence-corrected chi connectivity index (χ1v) is 8.33. The van der Waals surface area contributed by atoms with Crippen LogP contribution in [0.2, 0.25) is 0 Å². The second kappa shape index (κ2) is 9.01. The van der Waals surface area contributed by atoms with Crippen LogP contribution >= 0.6 is 0 Å². The molecule has 1 unspecified atom stereocenters. The van der Waals surface area contributed by atoms with Crippen LogP contribution < -0.4 is 15.4 Å². The van der Waals surface area contributed by atoms with Gasteiger partial charge in [0, 0.05) is 31.9 Å². The Balaban J connectivity index is 1.95. The van der Waals surface area contributed by atoms with E-state index in [0.717, 1.165) is 11.5 Å². The SMILES string of the molecule is CN=C(NCc1ccnc(Oc2ccc(F)cc2)c1)NC(C)C(C)C. The molecule has 0 saturated heterocycles. The zero-order chi connectivity index (χ0) is 18.2. The Labute approximate surface area is 148 Å². The van der Waals surface area contributed by atoms with Crippen molar-refractivity contribution in [3.8, 4) is 11.6 Å². The average Bonchev–Trinajstić information content (AvgIpc) is 2.60. The van der Waals surface area contributed by atoms with Crippen molar-refractivity contribution in [3.63, 3.8) is 0 Å². The molecule has 5 nitrogen and oxygen atoms in total. The lowest BCUT2D eigenvalue weighted by Gasteiger charge is -2.20. The third-order valence-corrected chi connectivity index (χ3v) is 3.88. The smallest absolute Gasteiger partial charge is 0.219 e. The average molecular weight is 344 g/mol. The number of hydrogen-bond acceptors (Lipinski definition) is 3. The van der Waals surface area contributed by atoms with E-state index >= 15 is 0 Å². The Kier molecular flexibility index (Phi) is 6.74. The maximum absolute atomic E-state index is 12.9. The molecule has 0 amide bonds. The monoisotopic (exact) mass is 344 g/mol. The van der Waals surface area contributed by atoms with Gasteiger partial charge in [0.05, 0.1) is 0 Å². The zero-order valence-electron chi connectivity index (χ0n) is 15.1. The molecule has 1 heterocycles. The van der Waals surface area contributed by atoms with Gasteiger partial charge in [-0.05, 0) is 48.7 Å². The Morgan fingerprint density at radius 2 is 1.92 bits per heavy atom. The molecule has 0 spiro atoms. The third kappa shape index (κ3) is 6.06. The van der Waals surface area contributed by atoms with Crippen molar-refractivity contribution in [3.05, 3.63) is 54.0 Å². The molecule has 1 aromatic heterocycles. The van der Waals surface area contributed by atoms with Crippen LogP contribution in [0.3, 0.4) is 0 Å². The van der Waals surface area contributed by atoms with Gasteiger partial charge < -0.3 is 15.4 Å². The minimum atomic E-state index is -0.298. The topological polar surface area (TPSA) is 58.5 Å². The molecule has 0 aliphatic heterocycles.